The average Bonchev–Trinajstić information content (AvgIpc) is 2.57. The first-order chi connectivity index (χ1) is 10.8. The van der Waals surface area contributed by atoms with Crippen LogP contribution < -0.4 is 5.32 Å². The smallest absolute Gasteiger partial charge is 0.159 e. The van der Waals surface area contributed by atoms with Crippen molar-refractivity contribution in [2.24, 2.45) is 5.92 Å². The Morgan fingerprint density at radius 2 is 1.73 bits per heavy atom. The molecule has 0 radical (unpaired) electrons. The standard InChI is InChI=1S/C17H26FN3O/c18-15-11-20-17(21-12-15)14-3-1-13(2-4-14)5-8-19-16-6-9-22-10-7-16/h11-14,16,19H,1-10H2. The summed E-state index contributed by atoms with van der Waals surface area (Å²) in [5, 5.41) is 3.67. The molecule has 2 fully saturated rings. The second-order valence-electron chi connectivity index (χ2n) is 6.61. The molecule has 0 atom stereocenters. The fraction of sp³-hybridized carbons (Fsp3) is 0.765. The van der Waals surface area contributed by atoms with E-state index < -0.39 is 0 Å². The summed E-state index contributed by atoms with van der Waals surface area (Å²) in [6.45, 7) is 2.92. The Kier molecular flexibility index (Phi) is 5.73. The Labute approximate surface area is 131 Å². The molecule has 22 heavy (non-hydrogen) atoms. The highest BCUT2D eigenvalue weighted by Crippen LogP contribution is 2.35. The predicted octanol–water partition coefficient (Wildman–Crippen LogP) is 3.05. The Balaban J connectivity index is 1.35. The third-order valence-electron chi connectivity index (χ3n) is 5.06. The minimum Gasteiger partial charge on any atom is -0.381 e. The second kappa shape index (κ2) is 7.97. The van der Waals surface area contributed by atoms with Gasteiger partial charge in [-0.25, -0.2) is 14.4 Å². The molecule has 2 heterocycles. The van der Waals surface area contributed by atoms with Crippen LogP contribution in [-0.4, -0.2) is 35.8 Å². The van der Waals surface area contributed by atoms with Gasteiger partial charge in [0.15, 0.2) is 5.82 Å². The first kappa shape index (κ1) is 15.8. The molecule has 1 aromatic heterocycles. The molecule has 0 aromatic carbocycles. The molecule has 0 unspecified atom stereocenters. The quantitative estimate of drug-likeness (QED) is 0.908. The van der Waals surface area contributed by atoms with Gasteiger partial charge in [0.2, 0.25) is 0 Å². The van der Waals surface area contributed by atoms with Crippen molar-refractivity contribution in [3.8, 4) is 0 Å². The summed E-state index contributed by atoms with van der Waals surface area (Å²) in [7, 11) is 0. The lowest BCUT2D eigenvalue weighted by Gasteiger charge is -2.29. The number of aromatic nitrogens is 2. The molecule has 1 saturated heterocycles. The fourth-order valence-electron chi connectivity index (χ4n) is 3.64. The van der Waals surface area contributed by atoms with Crippen LogP contribution in [0.3, 0.4) is 0 Å². The van der Waals surface area contributed by atoms with Crippen molar-refractivity contribution >= 4 is 0 Å². The van der Waals surface area contributed by atoms with Crippen LogP contribution in [-0.2, 0) is 4.74 Å². The van der Waals surface area contributed by atoms with Gasteiger partial charge in [-0.05, 0) is 57.4 Å². The van der Waals surface area contributed by atoms with Gasteiger partial charge in [0.1, 0.15) is 5.82 Å². The lowest BCUT2D eigenvalue weighted by molar-refractivity contribution is 0.0775. The maximum Gasteiger partial charge on any atom is 0.159 e. The molecule has 0 spiro atoms. The Hall–Kier alpha value is -1.07. The number of halogens is 1. The SMILES string of the molecule is Fc1cnc(C2CCC(CCNC3CCOCC3)CC2)nc1. The first-order valence-corrected chi connectivity index (χ1v) is 8.60. The summed E-state index contributed by atoms with van der Waals surface area (Å²) in [6.07, 6.45) is 10.9. The first-order valence-electron chi connectivity index (χ1n) is 8.60. The Morgan fingerprint density at radius 1 is 1.05 bits per heavy atom. The lowest BCUT2D eigenvalue weighted by atomic mass is 9.80. The summed E-state index contributed by atoms with van der Waals surface area (Å²) in [6, 6.07) is 0.651. The van der Waals surface area contributed by atoms with Crippen molar-refractivity contribution in [2.75, 3.05) is 19.8 Å². The van der Waals surface area contributed by atoms with Crippen LogP contribution in [0.4, 0.5) is 4.39 Å². The van der Waals surface area contributed by atoms with Gasteiger partial charge in [-0.2, -0.15) is 0 Å². The predicted molar refractivity (Wildman–Crippen MR) is 83.1 cm³/mol. The molecule has 0 amide bonds. The van der Waals surface area contributed by atoms with E-state index in [2.05, 4.69) is 15.3 Å². The van der Waals surface area contributed by atoms with Crippen molar-refractivity contribution in [1.29, 1.82) is 0 Å². The molecule has 0 bridgehead atoms. The molecular formula is C17H26FN3O. The van der Waals surface area contributed by atoms with Gasteiger partial charge in [0, 0.05) is 25.2 Å². The van der Waals surface area contributed by atoms with E-state index in [0.717, 1.165) is 57.2 Å². The van der Waals surface area contributed by atoms with Crippen LogP contribution in [0, 0.1) is 11.7 Å². The average molecular weight is 307 g/mol. The summed E-state index contributed by atoms with van der Waals surface area (Å²) in [5.41, 5.74) is 0. The Bertz CT molecular complexity index is 440. The van der Waals surface area contributed by atoms with Gasteiger partial charge in [0.05, 0.1) is 12.4 Å². The minimum absolute atomic E-state index is 0.350. The van der Waals surface area contributed by atoms with E-state index in [1.165, 1.54) is 31.7 Å². The van der Waals surface area contributed by atoms with Gasteiger partial charge < -0.3 is 10.1 Å². The highest BCUT2D eigenvalue weighted by Gasteiger charge is 2.24. The van der Waals surface area contributed by atoms with Crippen LogP contribution in [0.2, 0.25) is 0 Å². The van der Waals surface area contributed by atoms with Gasteiger partial charge in [-0.1, -0.05) is 0 Å². The van der Waals surface area contributed by atoms with Crippen LogP contribution in [0.5, 0.6) is 0 Å². The molecule has 1 aliphatic carbocycles. The van der Waals surface area contributed by atoms with Gasteiger partial charge in [-0.3, -0.25) is 0 Å². The third kappa shape index (κ3) is 4.46. The van der Waals surface area contributed by atoms with E-state index >= 15 is 0 Å². The molecule has 3 rings (SSSR count). The van der Waals surface area contributed by atoms with E-state index in [-0.39, 0.29) is 5.82 Å². The van der Waals surface area contributed by atoms with Crippen LogP contribution in [0.1, 0.15) is 56.7 Å². The summed E-state index contributed by atoms with van der Waals surface area (Å²) >= 11 is 0. The van der Waals surface area contributed by atoms with Gasteiger partial charge in [-0.15, -0.1) is 0 Å². The molecule has 1 N–H and O–H groups in total. The summed E-state index contributed by atoms with van der Waals surface area (Å²) in [4.78, 5) is 8.28. The van der Waals surface area contributed by atoms with Crippen LogP contribution >= 0.6 is 0 Å². The maximum absolute atomic E-state index is 12.9. The Morgan fingerprint density at radius 3 is 2.41 bits per heavy atom. The van der Waals surface area contributed by atoms with Crippen molar-refractivity contribution in [1.82, 2.24) is 15.3 Å². The second-order valence-corrected chi connectivity index (χ2v) is 6.61. The zero-order chi connectivity index (χ0) is 15.2. The number of nitrogens with one attached hydrogen (secondary N) is 1. The zero-order valence-corrected chi connectivity index (χ0v) is 13.1. The van der Waals surface area contributed by atoms with E-state index in [4.69, 9.17) is 4.74 Å². The highest BCUT2D eigenvalue weighted by molar-refractivity contribution is 5.00. The maximum atomic E-state index is 12.9. The number of hydrogen-bond acceptors (Lipinski definition) is 4. The van der Waals surface area contributed by atoms with Crippen molar-refractivity contribution in [3.05, 3.63) is 24.0 Å². The largest absolute Gasteiger partial charge is 0.381 e. The fourth-order valence-corrected chi connectivity index (χ4v) is 3.64. The highest BCUT2D eigenvalue weighted by atomic mass is 19.1. The number of rotatable bonds is 5. The van der Waals surface area contributed by atoms with Gasteiger partial charge >= 0.3 is 0 Å². The molecule has 1 aliphatic heterocycles. The topological polar surface area (TPSA) is 47.0 Å². The summed E-state index contributed by atoms with van der Waals surface area (Å²) in [5.74, 6) is 1.70. The lowest BCUT2D eigenvalue weighted by Crippen LogP contribution is -2.36. The molecule has 1 aromatic rings. The molecule has 4 nitrogen and oxygen atoms in total. The molecule has 5 heteroatoms. The zero-order valence-electron chi connectivity index (χ0n) is 13.1. The van der Waals surface area contributed by atoms with Crippen molar-refractivity contribution < 1.29 is 9.13 Å². The molecule has 122 valence electrons. The third-order valence-corrected chi connectivity index (χ3v) is 5.06. The van der Waals surface area contributed by atoms with Crippen LogP contribution in [0.25, 0.3) is 0 Å². The normalized spacial score (nSPS) is 27.0. The van der Waals surface area contributed by atoms with E-state index in [1.54, 1.807) is 0 Å². The molecule has 1 saturated carbocycles. The number of hydrogen-bond donors (Lipinski definition) is 1. The van der Waals surface area contributed by atoms with E-state index in [9.17, 15) is 4.39 Å². The molecule has 2 aliphatic rings. The van der Waals surface area contributed by atoms with E-state index in [0.29, 0.717) is 12.0 Å². The molecular weight excluding hydrogens is 281 g/mol. The minimum atomic E-state index is -0.350. The van der Waals surface area contributed by atoms with Gasteiger partial charge in [0.25, 0.3) is 0 Å². The van der Waals surface area contributed by atoms with Crippen molar-refractivity contribution in [2.45, 2.75) is 56.9 Å². The summed E-state index contributed by atoms with van der Waals surface area (Å²) < 4.78 is 18.3. The van der Waals surface area contributed by atoms with E-state index in [1.807, 2.05) is 0 Å². The number of nitrogens with zero attached hydrogens (tertiary/aromatic N) is 2. The van der Waals surface area contributed by atoms with Crippen molar-refractivity contribution in [3.63, 3.8) is 0 Å². The monoisotopic (exact) mass is 307 g/mol. The number of ether oxygens (including phenoxy) is 1. The van der Waals surface area contributed by atoms with Crippen LogP contribution in [0.15, 0.2) is 12.4 Å².